The van der Waals surface area contributed by atoms with E-state index < -0.39 is 0 Å². The van der Waals surface area contributed by atoms with Gasteiger partial charge in [-0.2, -0.15) is 0 Å². The third kappa shape index (κ3) is 6.39. The van der Waals surface area contributed by atoms with Crippen molar-refractivity contribution in [2.24, 2.45) is 5.92 Å². The van der Waals surface area contributed by atoms with E-state index in [9.17, 15) is 0 Å². The van der Waals surface area contributed by atoms with E-state index in [-0.39, 0.29) is 0 Å². The second kappa shape index (κ2) is 8.20. The van der Waals surface area contributed by atoms with Crippen molar-refractivity contribution in [2.45, 2.75) is 33.7 Å². The van der Waals surface area contributed by atoms with E-state index in [4.69, 9.17) is 4.74 Å². The Hall–Kier alpha value is -0.930. The van der Waals surface area contributed by atoms with Gasteiger partial charge in [0.2, 0.25) is 0 Å². The summed E-state index contributed by atoms with van der Waals surface area (Å²) in [6.07, 6.45) is 2.97. The molecular weight excluding hydrogens is 212 g/mol. The van der Waals surface area contributed by atoms with Gasteiger partial charge in [0.05, 0.1) is 12.3 Å². The number of nitrogens with zero attached hydrogens (tertiary/aromatic N) is 1. The fourth-order valence-corrected chi connectivity index (χ4v) is 1.48. The van der Waals surface area contributed by atoms with E-state index in [0.29, 0.717) is 0 Å². The zero-order valence-corrected chi connectivity index (χ0v) is 11.2. The van der Waals surface area contributed by atoms with Gasteiger partial charge < -0.3 is 10.1 Å². The van der Waals surface area contributed by atoms with Crippen molar-refractivity contribution in [3.8, 4) is 0 Å². The molecular formula is C14H24N2O. The molecule has 0 atom stereocenters. The molecule has 3 nitrogen and oxygen atoms in total. The zero-order valence-electron chi connectivity index (χ0n) is 11.2. The second-order valence-corrected chi connectivity index (χ2v) is 4.74. The minimum absolute atomic E-state index is 0.721. The molecule has 0 spiro atoms. The molecule has 0 bridgehead atoms. The number of ether oxygens (including phenoxy) is 1. The summed E-state index contributed by atoms with van der Waals surface area (Å²) in [5, 5.41) is 3.34. The SMILES string of the molecule is Cc1cccnc1CNCCOCCC(C)C. The van der Waals surface area contributed by atoms with Gasteiger partial charge >= 0.3 is 0 Å². The monoisotopic (exact) mass is 236 g/mol. The highest BCUT2D eigenvalue weighted by molar-refractivity contribution is 5.17. The molecule has 96 valence electrons. The Labute approximate surface area is 105 Å². The van der Waals surface area contributed by atoms with Crippen LogP contribution in [0.2, 0.25) is 0 Å². The summed E-state index contributed by atoms with van der Waals surface area (Å²) >= 11 is 0. The second-order valence-electron chi connectivity index (χ2n) is 4.74. The Morgan fingerprint density at radius 2 is 2.18 bits per heavy atom. The predicted molar refractivity (Wildman–Crippen MR) is 71.0 cm³/mol. The normalized spacial score (nSPS) is 11.1. The minimum Gasteiger partial charge on any atom is -0.380 e. The molecule has 1 rings (SSSR count). The van der Waals surface area contributed by atoms with E-state index in [0.717, 1.165) is 44.3 Å². The third-order valence-corrected chi connectivity index (χ3v) is 2.67. The van der Waals surface area contributed by atoms with Gasteiger partial charge in [-0.3, -0.25) is 4.98 Å². The Morgan fingerprint density at radius 3 is 2.88 bits per heavy atom. The largest absolute Gasteiger partial charge is 0.380 e. The lowest BCUT2D eigenvalue weighted by Crippen LogP contribution is -2.20. The van der Waals surface area contributed by atoms with Crippen molar-refractivity contribution in [1.82, 2.24) is 10.3 Å². The summed E-state index contributed by atoms with van der Waals surface area (Å²) < 4.78 is 5.53. The van der Waals surface area contributed by atoms with Crippen molar-refractivity contribution >= 4 is 0 Å². The lowest BCUT2D eigenvalue weighted by atomic mass is 10.1. The molecule has 1 heterocycles. The molecule has 0 radical (unpaired) electrons. The topological polar surface area (TPSA) is 34.2 Å². The van der Waals surface area contributed by atoms with E-state index in [1.807, 2.05) is 12.3 Å². The van der Waals surface area contributed by atoms with Gasteiger partial charge in [-0.25, -0.2) is 0 Å². The van der Waals surface area contributed by atoms with Crippen LogP contribution in [0.25, 0.3) is 0 Å². The number of rotatable bonds is 8. The molecule has 0 aliphatic rings. The van der Waals surface area contributed by atoms with Crippen LogP contribution in [0.4, 0.5) is 0 Å². The van der Waals surface area contributed by atoms with Crippen LogP contribution >= 0.6 is 0 Å². The molecule has 3 heteroatoms. The fraction of sp³-hybridized carbons (Fsp3) is 0.643. The van der Waals surface area contributed by atoms with Gasteiger partial charge in [0, 0.05) is 25.9 Å². The lowest BCUT2D eigenvalue weighted by Gasteiger charge is -2.08. The van der Waals surface area contributed by atoms with E-state index in [1.54, 1.807) is 0 Å². The number of aryl methyl sites for hydroxylation is 1. The Kier molecular flexibility index (Phi) is 6.82. The molecule has 1 aromatic rings. The van der Waals surface area contributed by atoms with Gasteiger partial charge in [-0.15, -0.1) is 0 Å². The number of pyridine rings is 1. The van der Waals surface area contributed by atoms with Crippen molar-refractivity contribution in [3.05, 3.63) is 29.6 Å². The van der Waals surface area contributed by atoms with Crippen molar-refractivity contribution in [3.63, 3.8) is 0 Å². The number of nitrogens with one attached hydrogen (secondary N) is 1. The first-order chi connectivity index (χ1) is 8.20. The minimum atomic E-state index is 0.721. The van der Waals surface area contributed by atoms with Gasteiger partial charge in [-0.1, -0.05) is 19.9 Å². The highest BCUT2D eigenvalue weighted by Crippen LogP contribution is 2.02. The van der Waals surface area contributed by atoms with Crippen LogP contribution in [0.3, 0.4) is 0 Å². The maximum absolute atomic E-state index is 5.53. The van der Waals surface area contributed by atoms with Gasteiger partial charge in [0.15, 0.2) is 0 Å². The zero-order chi connectivity index (χ0) is 12.5. The maximum Gasteiger partial charge on any atom is 0.0591 e. The lowest BCUT2D eigenvalue weighted by molar-refractivity contribution is 0.125. The van der Waals surface area contributed by atoms with Crippen LogP contribution in [0.1, 0.15) is 31.5 Å². The molecule has 1 aromatic heterocycles. The van der Waals surface area contributed by atoms with Crippen molar-refractivity contribution < 1.29 is 4.74 Å². The number of hydrogen-bond acceptors (Lipinski definition) is 3. The first-order valence-electron chi connectivity index (χ1n) is 6.39. The van der Waals surface area contributed by atoms with Crippen molar-refractivity contribution in [2.75, 3.05) is 19.8 Å². The summed E-state index contributed by atoms with van der Waals surface area (Å²) in [5.74, 6) is 0.721. The van der Waals surface area contributed by atoms with E-state index >= 15 is 0 Å². The standard InChI is InChI=1S/C14H24N2O/c1-12(2)6-9-17-10-8-15-11-14-13(3)5-4-7-16-14/h4-5,7,12,15H,6,8-11H2,1-3H3. The van der Waals surface area contributed by atoms with Crippen LogP contribution in [0.5, 0.6) is 0 Å². The molecule has 17 heavy (non-hydrogen) atoms. The molecule has 0 saturated carbocycles. The predicted octanol–water partition coefficient (Wildman–Crippen LogP) is 2.54. The van der Waals surface area contributed by atoms with Crippen LogP contribution in [0, 0.1) is 12.8 Å². The smallest absolute Gasteiger partial charge is 0.0591 e. The first kappa shape index (κ1) is 14.1. The molecule has 0 unspecified atom stereocenters. The average molecular weight is 236 g/mol. The number of hydrogen-bond donors (Lipinski definition) is 1. The van der Waals surface area contributed by atoms with Crippen LogP contribution in [-0.4, -0.2) is 24.7 Å². The first-order valence-corrected chi connectivity index (χ1v) is 6.39. The molecule has 0 fully saturated rings. The van der Waals surface area contributed by atoms with E-state index in [2.05, 4.69) is 37.1 Å². The Morgan fingerprint density at radius 1 is 1.35 bits per heavy atom. The van der Waals surface area contributed by atoms with Gasteiger partial charge in [0.25, 0.3) is 0 Å². The van der Waals surface area contributed by atoms with Gasteiger partial charge in [0.1, 0.15) is 0 Å². The summed E-state index contributed by atoms with van der Waals surface area (Å²) in [5.41, 5.74) is 2.36. The maximum atomic E-state index is 5.53. The van der Waals surface area contributed by atoms with Gasteiger partial charge in [-0.05, 0) is 30.9 Å². The van der Waals surface area contributed by atoms with E-state index in [1.165, 1.54) is 5.56 Å². The average Bonchev–Trinajstić information content (AvgIpc) is 2.30. The van der Waals surface area contributed by atoms with Crippen molar-refractivity contribution in [1.29, 1.82) is 0 Å². The molecule has 0 aliphatic carbocycles. The Bertz CT molecular complexity index is 313. The summed E-state index contributed by atoms with van der Waals surface area (Å²) in [6, 6.07) is 4.05. The van der Waals surface area contributed by atoms with Crippen LogP contribution in [-0.2, 0) is 11.3 Å². The van der Waals surface area contributed by atoms with Crippen LogP contribution in [0.15, 0.2) is 18.3 Å². The quantitative estimate of drug-likeness (QED) is 0.704. The Balaban J connectivity index is 2.03. The molecule has 0 amide bonds. The summed E-state index contributed by atoms with van der Waals surface area (Å²) in [4.78, 5) is 4.33. The molecule has 0 aromatic carbocycles. The summed E-state index contributed by atoms with van der Waals surface area (Å²) in [6.45, 7) is 9.86. The number of aromatic nitrogens is 1. The summed E-state index contributed by atoms with van der Waals surface area (Å²) in [7, 11) is 0. The highest BCUT2D eigenvalue weighted by Gasteiger charge is 1.98. The molecule has 0 saturated heterocycles. The molecule has 1 N–H and O–H groups in total. The molecule has 0 aliphatic heterocycles. The highest BCUT2D eigenvalue weighted by atomic mass is 16.5. The van der Waals surface area contributed by atoms with Crippen LogP contribution < -0.4 is 5.32 Å². The third-order valence-electron chi connectivity index (χ3n) is 2.67. The fourth-order valence-electron chi connectivity index (χ4n) is 1.48.